The number of amides is 2. The monoisotopic (exact) mass is 358 g/mol. The second kappa shape index (κ2) is 8.11. The molecule has 2 atom stereocenters. The number of fused-ring (bicyclic) bond motifs is 1. The molecule has 1 saturated carbocycles. The van der Waals surface area contributed by atoms with Gasteiger partial charge >= 0.3 is 0 Å². The molecule has 0 unspecified atom stereocenters. The minimum absolute atomic E-state index is 0.0296. The highest BCUT2D eigenvalue weighted by Gasteiger charge is 2.49. The summed E-state index contributed by atoms with van der Waals surface area (Å²) in [4.78, 5) is 26.7. The Labute approximate surface area is 156 Å². The van der Waals surface area contributed by atoms with Crippen LogP contribution in [0.3, 0.4) is 0 Å². The van der Waals surface area contributed by atoms with Crippen LogP contribution >= 0.6 is 0 Å². The van der Waals surface area contributed by atoms with Crippen LogP contribution in [0.25, 0.3) is 0 Å². The largest absolute Gasteiger partial charge is 0.484 e. The Balaban J connectivity index is 1.55. The topological polar surface area (TPSA) is 58.6 Å². The van der Waals surface area contributed by atoms with Crippen molar-refractivity contribution in [2.24, 2.45) is 5.41 Å². The molecule has 0 aromatic heterocycles. The van der Waals surface area contributed by atoms with Gasteiger partial charge in [0.05, 0.1) is 0 Å². The normalized spacial score (nSPS) is 25.1. The molecule has 26 heavy (non-hydrogen) atoms. The third-order valence-corrected chi connectivity index (χ3v) is 5.85. The van der Waals surface area contributed by atoms with Gasteiger partial charge in [-0.3, -0.25) is 9.59 Å². The number of piperidine rings is 1. The number of carbonyl (C=O) groups excluding carboxylic acids is 2. The van der Waals surface area contributed by atoms with Gasteiger partial charge in [0.15, 0.2) is 6.61 Å². The first-order valence-corrected chi connectivity index (χ1v) is 9.80. The summed E-state index contributed by atoms with van der Waals surface area (Å²) in [7, 11) is 0. The van der Waals surface area contributed by atoms with Crippen LogP contribution in [-0.4, -0.2) is 42.5 Å². The van der Waals surface area contributed by atoms with E-state index in [1.807, 2.05) is 31.2 Å². The molecule has 1 N–H and O–H groups in total. The number of nitrogens with zero attached hydrogens (tertiary/aromatic N) is 1. The van der Waals surface area contributed by atoms with Crippen molar-refractivity contribution in [3.63, 3.8) is 0 Å². The zero-order chi connectivity index (χ0) is 18.6. The van der Waals surface area contributed by atoms with E-state index in [-0.39, 0.29) is 29.9 Å². The molecule has 0 radical (unpaired) electrons. The maximum absolute atomic E-state index is 12.3. The number of aryl methyl sites for hydroxylation is 1. The molecule has 1 saturated heterocycles. The van der Waals surface area contributed by atoms with Crippen molar-refractivity contribution >= 4 is 11.8 Å². The number of rotatable bonds is 7. The highest BCUT2D eigenvalue weighted by atomic mass is 16.5. The van der Waals surface area contributed by atoms with Gasteiger partial charge in [0, 0.05) is 31.0 Å². The van der Waals surface area contributed by atoms with Crippen LogP contribution < -0.4 is 10.1 Å². The van der Waals surface area contributed by atoms with E-state index in [9.17, 15) is 9.59 Å². The van der Waals surface area contributed by atoms with E-state index in [0.717, 1.165) is 50.0 Å². The summed E-state index contributed by atoms with van der Waals surface area (Å²) in [6.07, 6.45) is 5.75. The Morgan fingerprint density at radius 2 is 2.23 bits per heavy atom. The lowest BCUT2D eigenvalue weighted by Crippen LogP contribution is -2.56. The Hall–Kier alpha value is -2.04. The van der Waals surface area contributed by atoms with Gasteiger partial charge in [-0.25, -0.2) is 0 Å². The van der Waals surface area contributed by atoms with Gasteiger partial charge in [-0.15, -0.1) is 0 Å². The van der Waals surface area contributed by atoms with Crippen molar-refractivity contribution < 1.29 is 14.3 Å². The van der Waals surface area contributed by atoms with E-state index >= 15 is 0 Å². The third kappa shape index (κ3) is 4.02. The molecule has 1 aromatic carbocycles. The summed E-state index contributed by atoms with van der Waals surface area (Å²) in [5.74, 6) is 0.906. The molecule has 0 spiro atoms. The highest BCUT2D eigenvalue weighted by Crippen LogP contribution is 2.47. The predicted octanol–water partition coefficient (Wildman–Crippen LogP) is 3.06. The number of likely N-dealkylation sites (tertiary alicyclic amines) is 1. The second-order valence-corrected chi connectivity index (χ2v) is 7.74. The quantitative estimate of drug-likeness (QED) is 0.815. The highest BCUT2D eigenvalue weighted by molar-refractivity contribution is 5.79. The zero-order valence-electron chi connectivity index (χ0n) is 15.9. The molecule has 0 bridgehead atoms. The summed E-state index contributed by atoms with van der Waals surface area (Å²) in [6.45, 7) is 5.61. The molecule has 1 heterocycles. The maximum atomic E-state index is 12.3. The molecule has 2 amide bonds. The molecule has 5 nitrogen and oxygen atoms in total. The van der Waals surface area contributed by atoms with Crippen LogP contribution in [0, 0.1) is 12.3 Å². The number of hydrogen-bond donors (Lipinski definition) is 1. The summed E-state index contributed by atoms with van der Waals surface area (Å²) >= 11 is 0. The van der Waals surface area contributed by atoms with Crippen LogP contribution in [0.5, 0.6) is 5.75 Å². The van der Waals surface area contributed by atoms with E-state index in [4.69, 9.17) is 4.74 Å². The Morgan fingerprint density at radius 1 is 1.38 bits per heavy atom. The predicted molar refractivity (Wildman–Crippen MR) is 101 cm³/mol. The van der Waals surface area contributed by atoms with E-state index in [2.05, 4.69) is 17.1 Å². The first-order chi connectivity index (χ1) is 12.5. The lowest BCUT2D eigenvalue weighted by atomic mass is 9.74. The molecule has 142 valence electrons. The first-order valence-electron chi connectivity index (χ1n) is 9.80. The SMILES string of the molecule is CCCN1C(=O)CC[C@]2(CNC(=O)COc3cccc(C)c3)CCC[C@@H]12. The van der Waals surface area contributed by atoms with Crippen LogP contribution in [0.1, 0.15) is 51.0 Å². The minimum atomic E-state index is -0.0922. The summed E-state index contributed by atoms with van der Waals surface area (Å²) < 4.78 is 5.60. The molecule has 2 aliphatic rings. The van der Waals surface area contributed by atoms with Crippen LogP contribution in [0.15, 0.2) is 24.3 Å². The van der Waals surface area contributed by atoms with Crippen molar-refractivity contribution in [1.82, 2.24) is 10.2 Å². The van der Waals surface area contributed by atoms with E-state index in [1.54, 1.807) is 0 Å². The van der Waals surface area contributed by atoms with Crippen LogP contribution in [0.2, 0.25) is 0 Å². The molecule has 1 aliphatic heterocycles. The van der Waals surface area contributed by atoms with Crippen LogP contribution in [-0.2, 0) is 9.59 Å². The summed E-state index contributed by atoms with van der Waals surface area (Å²) in [5.41, 5.74) is 1.15. The smallest absolute Gasteiger partial charge is 0.257 e. The molecule has 2 fully saturated rings. The standard InChI is InChI=1S/C21H30N2O3/c1-3-12-23-18-8-5-10-21(18,11-9-20(23)25)15-22-19(24)14-26-17-7-4-6-16(2)13-17/h4,6-7,13,18H,3,5,8-12,14-15H2,1-2H3,(H,22,24)/t18-,21+/m1/s1. The molecular weight excluding hydrogens is 328 g/mol. The van der Waals surface area contributed by atoms with E-state index < -0.39 is 0 Å². The molecule has 1 aliphatic carbocycles. The van der Waals surface area contributed by atoms with Crippen molar-refractivity contribution in [2.45, 2.75) is 58.4 Å². The van der Waals surface area contributed by atoms with Gasteiger partial charge in [0.2, 0.25) is 5.91 Å². The lowest BCUT2D eigenvalue weighted by Gasteiger charge is -2.46. The van der Waals surface area contributed by atoms with Gasteiger partial charge in [0.25, 0.3) is 5.91 Å². The number of hydrogen-bond acceptors (Lipinski definition) is 3. The van der Waals surface area contributed by atoms with Gasteiger partial charge in [0.1, 0.15) is 5.75 Å². The summed E-state index contributed by atoms with van der Waals surface area (Å²) in [5, 5.41) is 3.08. The Kier molecular flexibility index (Phi) is 5.84. The molecule has 1 aromatic rings. The average Bonchev–Trinajstić information content (AvgIpc) is 3.05. The maximum Gasteiger partial charge on any atom is 0.257 e. The second-order valence-electron chi connectivity index (χ2n) is 7.74. The Morgan fingerprint density at radius 3 is 3.00 bits per heavy atom. The number of nitrogens with one attached hydrogen (secondary N) is 1. The molecule has 3 rings (SSSR count). The zero-order valence-corrected chi connectivity index (χ0v) is 15.9. The molecule has 5 heteroatoms. The number of ether oxygens (including phenoxy) is 1. The Bertz CT molecular complexity index is 660. The average molecular weight is 358 g/mol. The first kappa shape index (κ1) is 18.7. The number of benzene rings is 1. The minimum Gasteiger partial charge on any atom is -0.484 e. The summed E-state index contributed by atoms with van der Waals surface area (Å²) in [6, 6.07) is 7.99. The van der Waals surface area contributed by atoms with Crippen molar-refractivity contribution in [1.29, 1.82) is 0 Å². The van der Waals surface area contributed by atoms with Gasteiger partial charge in [-0.1, -0.05) is 25.5 Å². The van der Waals surface area contributed by atoms with Crippen molar-refractivity contribution in [3.05, 3.63) is 29.8 Å². The fourth-order valence-electron chi connectivity index (χ4n) is 4.57. The van der Waals surface area contributed by atoms with E-state index in [1.165, 1.54) is 0 Å². The van der Waals surface area contributed by atoms with Crippen molar-refractivity contribution in [3.8, 4) is 5.75 Å². The van der Waals surface area contributed by atoms with Gasteiger partial charge in [-0.05, 0) is 50.3 Å². The molecular formula is C21H30N2O3. The van der Waals surface area contributed by atoms with E-state index in [0.29, 0.717) is 13.0 Å². The number of carbonyl (C=O) groups is 2. The fraction of sp³-hybridized carbons (Fsp3) is 0.619. The van der Waals surface area contributed by atoms with Gasteiger partial charge < -0.3 is 15.0 Å². The van der Waals surface area contributed by atoms with Crippen molar-refractivity contribution in [2.75, 3.05) is 19.7 Å². The van der Waals surface area contributed by atoms with Crippen LogP contribution in [0.4, 0.5) is 0 Å². The van der Waals surface area contributed by atoms with Gasteiger partial charge in [-0.2, -0.15) is 0 Å². The third-order valence-electron chi connectivity index (χ3n) is 5.85. The lowest BCUT2D eigenvalue weighted by molar-refractivity contribution is -0.142. The fourth-order valence-corrected chi connectivity index (χ4v) is 4.57.